The highest BCUT2D eigenvalue weighted by molar-refractivity contribution is 7.09. The monoisotopic (exact) mass is 267 g/mol. The van der Waals surface area contributed by atoms with Crippen LogP contribution in [0.5, 0.6) is 0 Å². The van der Waals surface area contributed by atoms with Crippen molar-refractivity contribution >= 4 is 17.3 Å². The van der Waals surface area contributed by atoms with Crippen molar-refractivity contribution in [1.29, 1.82) is 0 Å². The first-order valence-corrected chi connectivity index (χ1v) is 6.40. The molecule has 2 rings (SSSR count). The maximum atomic E-state index is 10.9. The fraction of sp³-hybridized carbons (Fsp3) is 0.364. The van der Waals surface area contributed by atoms with Crippen LogP contribution in [0.2, 0.25) is 0 Å². The molecule has 0 aromatic carbocycles. The molecule has 0 spiro atoms. The Morgan fingerprint density at radius 3 is 3.11 bits per heavy atom. The molecule has 2 N–H and O–H groups in total. The van der Waals surface area contributed by atoms with Crippen LogP contribution in [0.1, 0.15) is 40.5 Å². The van der Waals surface area contributed by atoms with Gasteiger partial charge in [-0.3, -0.25) is 0 Å². The molecule has 2 heterocycles. The predicted molar refractivity (Wildman–Crippen MR) is 65.4 cm³/mol. The highest BCUT2D eigenvalue weighted by atomic mass is 32.1. The van der Waals surface area contributed by atoms with Gasteiger partial charge in [0.05, 0.1) is 18.8 Å². The zero-order valence-electron chi connectivity index (χ0n) is 9.79. The number of carboxylic acid groups (broad SMARTS) is 1. The number of nitrogens with one attached hydrogen (secondary N) is 1. The van der Waals surface area contributed by atoms with Crippen molar-refractivity contribution < 1.29 is 14.4 Å². The first-order valence-electron chi connectivity index (χ1n) is 5.52. The number of carboxylic acids is 1. The number of aromatic carboxylic acids is 1. The lowest BCUT2D eigenvalue weighted by Crippen LogP contribution is -2.20. The van der Waals surface area contributed by atoms with Gasteiger partial charge in [0.15, 0.2) is 5.76 Å². The van der Waals surface area contributed by atoms with Crippen molar-refractivity contribution in [2.75, 3.05) is 0 Å². The molecule has 1 atom stereocenters. The van der Waals surface area contributed by atoms with E-state index in [1.165, 1.54) is 6.20 Å². The van der Waals surface area contributed by atoms with E-state index in [1.807, 2.05) is 12.3 Å². The Balaban J connectivity index is 2.02. The molecule has 7 heteroatoms. The molecule has 0 aliphatic heterocycles. The van der Waals surface area contributed by atoms with E-state index in [0.29, 0.717) is 12.3 Å². The molecule has 0 aliphatic rings. The van der Waals surface area contributed by atoms with Crippen molar-refractivity contribution in [3.05, 3.63) is 34.1 Å². The summed E-state index contributed by atoms with van der Waals surface area (Å²) in [6.07, 6.45) is 3.83. The maximum Gasteiger partial charge on any atom is 0.341 e. The zero-order valence-corrected chi connectivity index (χ0v) is 10.6. The fourth-order valence-corrected chi connectivity index (χ4v) is 2.39. The van der Waals surface area contributed by atoms with Crippen LogP contribution in [0.4, 0.5) is 0 Å². The van der Waals surface area contributed by atoms with Gasteiger partial charge in [0.25, 0.3) is 0 Å². The average molecular weight is 267 g/mol. The van der Waals surface area contributed by atoms with Gasteiger partial charge in [0.2, 0.25) is 0 Å². The zero-order chi connectivity index (χ0) is 13.0. The maximum absolute atomic E-state index is 10.9. The second-order valence-corrected chi connectivity index (χ2v) is 4.61. The number of hydrogen-bond donors (Lipinski definition) is 2. The normalized spacial score (nSPS) is 12.5. The van der Waals surface area contributed by atoms with Gasteiger partial charge in [0.1, 0.15) is 10.6 Å². The van der Waals surface area contributed by atoms with Crippen molar-refractivity contribution in [2.45, 2.75) is 25.9 Å². The van der Waals surface area contributed by atoms with Crippen LogP contribution >= 0.6 is 11.3 Å². The Morgan fingerprint density at radius 2 is 2.50 bits per heavy atom. The summed E-state index contributed by atoms with van der Waals surface area (Å²) < 4.78 is 4.93. The quantitative estimate of drug-likeness (QED) is 0.833. The first-order chi connectivity index (χ1) is 8.72. The largest absolute Gasteiger partial charge is 0.478 e. The molecular weight excluding hydrogens is 254 g/mol. The molecule has 6 nitrogen and oxygen atoms in total. The van der Waals surface area contributed by atoms with Gasteiger partial charge in [0, 0.05) is 11.6 Å². The van der Waals surface area contributed by atoms with Crippen molar-refractivity contribution in [3.63, 3.8) is 0 Å². The molecule has 0 saturated carbocycles. The van der Waals surface area contributed by atoms with Crippen molar-refractivity contribution in [3.8, 4) is 0 Å². The highest BCUT2D eigenvalue weighted by Gasteiger charge is 2.17. The Labute approximate surface area is 108 Å². The minimum atomic E-state index is -1.03. The molecule has 0 fully saturated rings. The van der Waals surface area contributed by atoms with E-state index >= 15 is 0 Å². The van der Waals surface area contributed by atoms with Crippen LogP contribution in [0.25, 0.3) is 0 Å². The topological polar surface area (TPSA) is 88.2 Å². The molecule has 2 aromatic heterocycles. The van der Waals surface area contributed by atoms with Crippen LogP contribution in [-0.2, 0) is 6.54 Å². The van der Waals surface area contributed by atoms with Gasteiger partial charge in [-0.05, 0) is 6.42 Å². The summed E-state index contributed by atoms with van der Waals surface area (Å²) in [6.45, 7) is 2.36. The third-order valence-electron chi connectivity index (χ3n) is 2.54. The number of aromatic nitrogens is 2. The average Bonchev–Trinajstić information content (AvgIpc) is 2.99. The summed E-state index contributed by atoms with van der Waals surface area (Å²) in [7, 11) is 0. The molecule has 0 bridgehead atoms. The Bertz CT molecular complexity index is 509. The molecule has 0 amide bonds. The van der Waals surface area contributed by atoms with E-state index in [9.17, 15) is 4.79 Å². The number of nitrogens with zero attached hydrogens (tertiary/aromatic N) is 2. The molecule has 96 valence electrons. The molecule has 0 aliphatic carbocycles. The summed E-state index contributed by atoms with van der Waals surface area (Å²) in [5, 5.41) is 18.5. The molecule has 1 unspecified atom stereocenters. The highest BCUT2D eigenvalue weighted by Crippen LogP contribution is 2.19. The summed E-state index contributed by atoms with van der Waals surface area (Å²) in [4.78, 5) is 15.1. The number of thiazole rings is 1. The summed E-state index contributed by atoms with van der Waals surface area (Å²) in [6, 6.07) is 0.0942. The molecule has 2 aromatic rings. The summed E-state index contributed by atoms with van der Waals surface area (Å²) in [5.41, 5.74) is 0.0940. The van der Waals surface area contributed by atoms with Crippen molar-refractivity contribution in [2.24, 2.45) is 0 Å². The molecule has 18 heavy (non-hydrogen) atoms. The standard InChI is InChI=1S/C11H13N3O3S/c1-2-8(10-12-3-4-18-10)13-6-9-7(11(15)16)5-14-17-9/h3-5,8,13H,2,6H2,1H3,(H,15,16). The van der Waals surface area contributed by atoms with Crippen molar-refractivity contribution in [1.82, 2.24) is 15.5 Å². The van der Waals surface area contributed by atoms with Gasteiger partial charge >= 0.3 is 5.97 Å². The van der Waals surface area contributed by atoms with Gasteiger partial charge in [-0.25, -0.2) is 9.78 Å². The van der Waals surface area contributed by atoms with E-state index in [1.54, 1.807) is 17.5 Å². The third-order valence-corrected chi connectivity index (χ3v) is 3.43. The first kappa shape index (κ1) is 12.7. The number of carbonyl (C=O) groups is 1. The Morgan fingerprint density at radius 1 is 1.67 bits per heavy atom. The van der Waals surface area contributed by atoms with Crippen LogP contribution in [0.15, 0.2) is 22.3 Å². The third kappa shape index (κ3) is 2.74. The van der Waals surface area contributed by atoms with Crippen LogP contribution < -0.4 is 5.32 Å². The van der Waals surface area contributed by atoms with E-state index in [0.717, 1.165) is 11.4 Å². The van der Waals surface area contributed by atoms with Gasteiger partial charge in [-0.2, -0.15) is 0 Å². The summed E-state index contributed by atoms with van der Waals surface area (Å²) >= 11 is 1.57. The molecule has 0 radical (unpaired) electrons. The predicted octanol–water partition coefficient (Wildman–Crippen LogP) is 2.07. The number of rotatable bonds is 6. The van der Waals surface area contributed by atoms with E-state index in [4.69, 9.17) is 9.63 Å². The van der Waals surface area contributed by atoms with Crippen LogP contribution in [-0.4, -0.2) is 21.2 Å². The lowest BCUT2D eigenvalue weighted by atomic mass is 10.2. The van der Waals surface area contributed by atoms with Gasteiger partial charge in [-0.1, -0.05) is 12.1 Å². The van der Waals surface area contributed by atoms with E-state index in [2.05, 4.69) is 15.5 Å². The van der Waals surface area contributed by atoms with Gasteiger partial charge < -0.3 is 14.9 Å². The van der Waals surface area contributed by atoms with Crippen LogP contribution in [0, 0.1) is 0 Å². The SMILES string of the molecule is CCC(NCc1oncc1C(=O)O)c1nccs1. The number of hydrogen-bond acceptors (Lipinski definition) is 6. The Hall–Kier alpha value is -1.73. The van der Waals surface area contributed by atoms with Crippen LogP contribution in [0.3, 0.4) is 0 Å². The Kier molecular flexibility index (Phi) is 4.06. The summed E-state index contributed by atoms with van der Waals surface area (Å²) in [5.74, 6) is -0.701. The minimum Gasteiger partial charge on any atom is -0.478 e. The lowest BCUT2D eigenvalue weighted by Gasteiger charge is -2.12. The van der Waals surface area contributed by atoms with E-state index < -0.39 is 5.97 Å². The second kappa shape index (κ2) is 5.74. The minimum absolute atomic E-state index is 0.0940. The van der Waals surface area contributed by atoms with E-state index in [-0.39, 0.29) is 11.6 Å². The smallest absolute Gasteiger partial charge is 0.341 e. The molecular formula is C11H13N3O3S. The molecule has 0 saturated heterocycles. The van der Waals surface area contributed by atoms with Gasteiger partial charge in [-0.15, -0.1) is 11.3 Å². The second-order valence-electron chi connectivity index (χ2n) is 3.68. The fourth-order valence-electron chi connectivity index (χ4n) is 1.59. The lowest BCUT2D eigenvalue weighted by molar-refractivity contribution is 0.0694.